The average molecular weight is 405 g/mol. The van der Waals surface area contributed by atoms with E-state index < -0.39 is 34.0 Å². The largest absolute Gasteiger partial charge is 0.480 e. The first-order valence-electron chi connectivity index (χ1n) is 8.16. The zero-order valence-corrected chi connectivity index (χ0v) is 15.8. The number of aliphatic hydroxyl groups excluding tert-OH is 1. The molecule has 2 atom stereocenters. The number of nitrogens with one attached hydrogen (secondary N) is 1. The number of aliphatic carboxylic acids is 1. The van der Waals surface area contributed by atoms with Gasteiger partial charge in [-0.1, -0.05) is 18.0 Å². The molecule has 1 aliphatic rings. The van der Waals surface area contributed by atoms with Gasteiger partial charge >= 0.3 is 5.97 Å². The Morgan fingerprint density at radius 3 is 2.38 bits per heavy atom. The number of halogens is 1. The zero-order chi connectivity index (χ0) is 19.5. The molecule has 1 fully saturated rings. The van der Waals surface area contributed by atoms with E-state index in [1.807, 2.05) is 0 Å². The Morgan fingerprint density at radius 1 is 1.23 bits per heavy atom. The van der Waals surface area contributed by atoms with E-state index in [9.17, 15) is 23.1 Å². The van der Waals surface area contributed by atoms with Crippen molar-refractivity contribution in [3.63, 3.8) is 0 Å². The van der Waals surface area contributed by atoms with Crippen molar-refractivity contribution >= 4 is 33.5 Å². The summed E-state index contributed by atoms with van der Waals surface area (Å²) in [5.74, 6) is -2.29. The number of carboxylic acids is 1. The third-order valence-electron chi connectivity index (χ3n) is 4.17. The lowest BCUT2D eigenvalue weighted by Gasteiger charge is -2.26. The number of piperidine rings is 1. The Balaban J connectivity index is 2.31. The lowest BCUT2D eigenvalue weighted by molar-refractivity contribution is -0.141. The van der Waals surface area contributed by atoms with Crippen molar-refractivity contribution < 1.29 is 28.2 Å². The predicted molar refractivity (Wildman–Crippen MR) is 94.6 cm³/mol. The van der Waals surface area contributed by atoms with Crippen molar-refractivity contribution in [2.45, 2.75) is 43.2 Å². The summed E-state index contributed by atoms with van der Waals surface area (Å²) >= 11 is 5.99. The number of sulfonamides is 1. The Labute approximate surface area is 156 Å². The van der Waals surface area contributed by atoms with Gasteiger partial charge in [0.15, 0.2) is 6.04 Å². The SMILES string of the molecule is C[C@H](O)[C@H](NC(=O)c1cc(S(=O)(=O)N2CCCCC2)ccc1Cl)C(=O)O. The Hall–Kier alpha value is -1.68. The van der Waals surface area contributed by atoms with Gasteiger partial charge in [0.05, 0.1) is 21.6 Å². The highest BCUT2D eigenvalue weighted by Crippen LogP contribution is 2.25. The van der Waals surface area contributed by atoms with E-state index >= 15 is 0 Å². The van der Waals surface area contributed by atoms with Crippen molar-refractivity contribution in [3.05, 3.63) is 28.8 Å². The summed E-state index contributed by atoms with van der Waals surface area (Å²) in [5, 5.41) is 20.7. The molecule has 0 aromatic heterocycles. The zero-order valence-electron chi connectivity index (χ0n) is 14.2. The number of hydrogen-bond donors (Lipinski definition) is 3. The van der Waals surface area contributed by atoms with Gasteiger partial charge in [-0.25, -0.2) is 13.2 Å². The van der Waals surface area contributed by atoms with Crippen molar-refractivity contribution in [2.75, 3.05) is 13.1 Å². The highest BCUT2D eigenvalue weighted by Gasteiger charge is 2.29. The fourth-order valence-electron chi connectivity index (χ4n) is 2.70. The Morgan fingerprint density at radius 2 is 1.85 bits per heavy atom. The van der Waals surface area contributed by atoms with Gasteiger partial charge in [0.1, 0.15) is 0 Å². The number of rotatable bonds is 6. The fraction of sp³-hybridized carbons (Fsp3) is 0.500. The number of aliphatic hydroxyl groups is 1. The lowest BCUT2D eigenvalue weighted by atomic mass is 10.1. The van der Waals surface area contributed by atoms with Crippen LogP contribution in [0.4, 0.5) is 0 Å². The smallest absolute Gasteiger partial charge is 0.328 e. The van der Waals surface area contributed by atoms with Crippen LogP contribution in [0.5, 0.6) is 0 Å². The van der Waals surface area contributed by atoms with Crippen LogP contribution in [0.3, 0.4) is 0 Å². The van der Waals surface area contributed by atoms with E-state index in [2.05, 4.69) is 5.32 Å². The minimum atomic E-state index is -3.77. The second-order valence-corrected chi connectivity index (χ2v) is 8.48. The molecule has 1 aromatic rings. The molecule has 0 radical (unpaired) electrons. The van der Waals surface area contributed by atoms with Crippen molar-refractivity contribution in [2.24, 2.45) is 0 Å². The number of nitrogens with zero attached hydrogens (tertiary/aromatic N) is 1. The third kappa shape index (κ3) is 4.53. The maximum Gasteiger partial charge on any atom is 0.328 e. The maximum atomic E-state index is 12.7. The van der Waals surface area contributed by atoms with E-state index in [0.29, 0.717) is 13.1 Å². The summed E-state index contributed by atoms with van der Waals surface area (Å²) < 4.78 is 26.8. The maximum absolute atomic E-state index is 12.7. The van der Waals surface area contributed by atoms with Crippen LogP contribution in [0.2, 0.25) is 5.02 Å². The van der Waals surface area contributed by atoms with Crippen LogP contribution in [0.1, 0.15) is 36.5 Å². The molecule has 2 rings (SSSR count). The third-order valence-corrected chi connectivity index (χ3v) is 6.39. The molecule has 0 unspecified atom stereocenters. The van der Waals surface area contributed by atoms with Crippen molar-refractivity contribution in [3.8, 4) is 0 Å². The second kappa shape index (κ2) is 8.34. The van der Waals surface area contributed by atoms with Crippen LogP contribution < -0.4 is 5.32 Å². The molecule has 8 nitrogen and oxygen atoms in total. The van der Waals surface area contributed by atoms with Gasteiger partial charge in [0.25, 0.3) is 5.91 Å². The normalized spacial score (nSPS) is 18.1. The van der Waals surface area contributed by atoms with E-state index in [1.165, 1.54) is 23.4 Å². The fourth-order valence-corrected chi connectivity index (χ4v) is 4.45. The van der Waals surface area contributed by atoms with Gasteiger partial charge < -0.3 is 15.5 Å². The monoisotopic (exact) mass is 404 g/mol. The molecule has 10 heteroatoms. The van der Waals surface area contributed by atoms with Gasteiger partial charge in [0.2, 0.25) is 10.0 Å². The number of benzene rings is 1. The van der Waals surface area contributed by atoms with Gasteiger partial charge in [-0.15, -0.1) is 0 Å². The van der Waals surface area contributed by atoms with Gasteiger partial charge in [0, 0.05) is 13.1 Å². The number of carbonyl (C=O) groups is 2. The molecule has 1 heterocycles. The van der Waals surface area contributed by atoms with Crippen molar-refractivity contribution in [1.29, 1.82) is 0 Å². The Bertz CT molecular complexity index is 790. The van der Waals surface area contributed by atoms with Crippen LogP contribution in [0, 0.1) is 0 Å². The standard InChI is InChI=1S/C16H21ClN2O6S/c1-10(20)14(16(22)23)18-15(21)12-9-11(5-6-13(12)17)26(24,25)19-7-3-2-4-8-19/h5-6,9-10,14,20H,2-4,7-8H2,1H3,(H,18,21)(H,22,23)/t10-,14-/m0/s1. The molecule has 0 spiro atoms. The second-order valence-electron chi connectivity index (χ2n) is 6.14. The summed E-state index contributed by atoms with van der Waals surface area (Å²) in [5.41, 5.74) is -0.170. The minimum Gasteiger partial charge on any atom is -0.480 e. The number of hydrogen-bond acceptors (Lipinski definition) is 5. The number of carboxylic acid groups (broad SMARTS) is 1. The highest BCUT2D eigenvalue weighted by atomic mass is 35.5. The molecule has 1 aromatic carbocycles. The van der Waals surface area contributed by atoms with Crippen LogP contribution in [-0.4, -0.2) is 60.0 Å². The quantitative estimate of drug-likeness (QED) is 0.651. The molecule has 1 aliphatic heterocycles. The Kier molecular flexibility index (Phi) is 6.62. The first kappa shape index (κ1) is 20.6. The molecule has 0 bridgehead atoms. The molecular weight excluding hydrogens is 384 g/mol. The summed E-state index contributed by atoms with van der Waals surface area (Å²) in [6.07, 6.45) is 1.18. The summed E-state index contributed by atoms with van der Waals surface area (Å²) in [6, 6.07) is 2.18. The predicted octanol–water partition coefficient (Wildman–Crippen LogP) is 1.08. The molecule has 1 amide bonds. The summed E-state index contributed by atoms with van der Waals surface area (Å²) in [7, 11) is -3.77. The average Bonchev–Trinajstić information content (AvgIpc) is 2.59. The number of carbonyl (C=O) groups excluding carboxylic acids is 1. The molecule has 0 aliphatic carbocycles. The van der Waals surface area contributed by atoms with Gasteiger partial charge in [-0.05, 0) is 38.0 Å². The van der Waals surface area contributed by atoms with E-state index in [0.717, 1.165) is 25.3 Å². The lowest BCUT2D eigenvalue weighted by Crippen LogP contribution is -2.47. The minimum absolute atomic E-state index is 0.0187. The van der Waals surface area contributed by atoms with Crippen LogP contribution in [0.15, 0.2) is 23.1 Å². The van der Waals surface area contributed by atoms with Crippen LogP contribution in [-0.2, 0) is 14.8 Å². The summed E-state index contributed by atoms with van der Waals surface area (Å²) in [6.45, 7) is 2.04. The molecular formula is C16H21ClN2O6S. The van der Waals surface area contributed by atoms with Crippen LogP contribution >= 0.6 is 11.6 Å². The van der Waals surface area contributed by atoms with Crippen LogP contribution in [0.25, 0.3) is 0 Å². The van der Waals surface area contributed by atoms with E-state index in [-0.39, 0.29) is 15.5 Å². The first-order chi connectivity index (χ1) is 12.1. The molecule has 3 N–H and O–H groups in total. The molecule has 0 saturated carbocycles. The van der Waals surface area contributed by atoms with E-state index in [1.54, 1.807) is 0 Å². The molecule has 1 saturated heterocycles. The van der Waals surface area contributed by atoms with E-state index in [4.69, 9.17) is 16.7 Å². The highest BCUT2D eigenvalue weighted by molar-refractivity contribution is 7.89. The summed E-state index contributed by atoms with van der Waals surface area (Å²) in [4.78, 5) is 23.4. The van der Waals surface area contributed by atoms with Crippen molar-refractivity contribution in [1.82, 2.24) is 9.62 Å². The van der Waals surface area contributed by atoms with Gasteiger partial charge in [-0.3, -0.25) is 4.79 Å². The number of amides is 1. The van der Waals surface area contributed by atoms with Gasteiger partial charge in [-0.2, -0.15) is 4.31 Å². The topological polar surface area (TPSA) is 124 Å². The first-order valence-corrected chi connectivity index (χ1v) is 9.98. The molecule has 26 heavy (non-hydrogen) atoms. The molecule has 144 valence electrons.